The lowest BCUT2D eigenvalue weighted by molar-refractivity contribution is -0.0237. The predicted octanol–water partition coefficient (Wildman–Crippen LogP) is 2.21. The van der Waals surface area contributed by atoms with E-state index in [-0.39, 0.29) is 0 Å². The van der Waals surface area contributed by atoms with Crippen LogP contribution in [0.25, 0.3) is 0 Å². The fourth-order valence-corrected chi connectivity index (χ4v) is 1.20. The maximum absolute atomic E-state index is 5.39. The average molecular weight is 195 g/mol. The van der Waals surface area contributed by atoms with Gasteiger partial charge in [0.05, 0.1) is 6.61 Å². The number of benzene rings is 1. The van der Waals surface area contributed by atoms with Gasteiger partial charge in [0.25, 0.3) is 0 Å². The van der Waals surface area contributed by atoms with Crippen molar-refractivity contribution in [2.24, 2.45) is 5.90 Å². The third-order valence-corrected chi connectivity index (χ3v) is 2.13. The molecule has 1 rings (SSSR count). The lowest BCUT2D eigenvalue weighted by Gasteiger charge is -2.22. The van der Waals surface area contributed by atoms with Gasteiger partial charge in [-0.05, 0) is 38.5 Å². The van der Waals surface area contributed by atoms with Gasteiger partial charge in [0, 0.05) is 0 Å². The molecule has 0 aliphatic rings. The number of rotatable bonds is 4. The number of hydrogen-bond donors (Lipinski definition) is 1. The highest BCUT2D eigenvalue weighted by Crippen LogP contribution is 2.25. The standard InChI is InChI=1S/C11H17NO2/c1-4-13-10-7-5-6-9(8-10)11(2,3)14-12/h5-8H,4,12H2,1-3H3. The number of hydrogen-bond acceptors (Lipinski definition) is 3. The summed E-state index contributed by atoms with van der Waals surface area (Å²) in [6, 6.07) is 7.76. The van der Waals surface area contributed by atoms with Crippen molar-refractivity contribution >= 4 is 0 Å². The van der Waals surface area contributed by atoms with Gasteiger partial charge in [-0.1, -0.05) is 12.1 Å². The van der Waals surface area contributed by atoms with Crippen LogP contribution in [0.4, 0.5) is 0 Å². The first-order valence-corrected chi connectivity index (χ1v) is 4.71. The first-order chi connectivity index (χ1) is 6.60. The van der Waals surface area contributed by atoms with E-state index in [2.05, 4.69) is 0 Å². The van der Waals surface area contributed by atoms with Crippen molar-refractivity contribution in [3.63, 3.8) is 0 Å². The average Bonchev–Trinajstić information content (AvgIpc) is 2.19. The maximum atomic E-state index is 5.39. The molecule has 14 heavy (non-hydrogen) atoms. The molecule has 0 aromatic heterocycles. The number of nitrogens with two attached hydrogens (primary N) is 1. The molecule has 0 bridgehead atoms. The Kier molecular flexibility index (Phi) is 3.49. The third kappa shape index (κ3) is 2.47. The van der Waals surface area contributed by atoms with E-state index in [1.807, 2.05) is 45.0 Å². The van der Waals surface area contributed by atoms with Crippen LogP contribution >= 0.6 is 0 Å². The van der Waals surface area contributed by atoms with Crippen molar-refractivity contribution in [1.82, 2.24) is 0 Å². The molecule has 0 aliphatic heterocycles. The van der Waals surface area contributed by atoms with E-state index < -0.39 is 5.60 Å². The molecule has 0 saturated heterocycles. The van der Waals surface area contributed by atoms with E-state index in [4.69, 9.17) is 15.5 Å². The Morgan fingerprint density at radius 3 is 2.64 bits per heavy atom. The minimum Gasteiger partial charge on any atom is -0.494 e. The van der Waals surface area contributed by atoms with Crippen molar-refractivity contribution in [3.8, 4) is 5.75 Å². The second-order valence-electron chi connectivity index (χ2n) is 3.59. The summed E-state index contributed by atoms with van der Waals surface area (Å²) in [4.78, 5) is 4.90. The molecule has 1 aromatic rings. The van der Waals surface area contributed by atoms with Crippen LogP contribution in [0, 0.1) is 0 Å². The largest absolute Gasteiger partial charge is 0.494 e. The molecular weight excluding hydrogens is 178 g/mol. The summed E-state index contributed by atoms with van der Waals surface area (Å²) in [6.07, 6.45) is 0. The zero-order chi connectivity index (χ0) is 10.6. The van der Waals surface area contributed by atoms with Crippen LogP contribution < -0.4 is 10.6 Å². The topological polar surface area (TPSA) is 44.5 Å². The van der Waals surface area contributed by atoms with Gasteiger partial charge in [0.2, 0.25) is 0 Å². The molecule has 0 fully saturated rings. The lowest BCUT2D eigenvalue weighted by atomic mass is 9.98. The van der Waals surface area contributed by atoms with Gasteiger partial charge in [-0.25, -0.2) is 5.90 Å². The molecule has 0 aliphatic carbocycles. The zero-order valence-corrected chi connectivity index (χ0v) is 8.91. The highest BCUT2D eigenvalue weighted by molar-refractivity contribution is 5.31. The summed E-state index contributed by atoms with van der Waals surface area (Å²) < 4.78 is 5.39. The molecule has 0 radical (unpaired) electrons. The zero-order valence-electron chi connectivity index (χ0n) is 8.91. The molecule has 0 heterocycles. The first kappa shape index (κ1) is 11.0. The fourth-order valence-electron chi connectivity index (χ4n) is 1.20. The van der Waals surface area contributed by atoms with Crippen LogP contribution in [0.1, 0.15) is 26.3 Å². The van der Waals surface area contributed by atoms with Crippen LogP contribution in [-0.4, -0.2) is 6.61 Å². The molecule has 0 saturated carbocycles. The molecular formula is C11H17NO2. The predicted molar refractivity (Wildman–Crippen MR) is 55.9 cm³/mol. The lowest BCUT2D eigenvalue weighted by Crippen LogP contribution is -2.25. The Hall–Kier alpha value is -1.06. The van der Waals surface area contributed by atoms with Gasteiger partial charge in [0.1, 0.15) is 11.4 Å². The fraction of sp³-hybridized carbons (Fsp3) is 0.455. The van der Waals surface area contributed by atoms with Gasteiger partial charge in [-0.15, -0.1) is 0 Å². The Morgan fingerprint density at radius 2 is 2.07 bits per heavy atom. The van der Waals surface area contributed by atoms with Crippen LogP contribution in [-0.2, 0) is 10.4 Å². The van der Waals surface area contributed by atoms with Gasteiger partial charge in [-0.3, -0.25) is 4.84 Å². The Bertz CT molecular complexity index is 297. The Balaban J connectivity index is 2.93. The minimum absolute atomic E-state index is 0.479. The molecule has 0 atom stereocenters. The quantitative estimate of drug-likeness (QED) is 0.749. The molecule has 1 aromatic carbocycles. The van der Waals surface area contributed by atoms with E-state index in [1.54, 1.807) is 0 Å². The molecule has 2 N–H and O–H groups in total. The maximum Gasteiger partial charge on any atom is 0.119 e. The first-order valence-electron chi connectivity index (χ1n) is 4.71. The molecule has 0 amide bonds. The third-order valence-electron chi connectivity index (χ3n) is 2.13. The minimum atomic E-state index is -0.479. The normalized spacial score (nSPS) is 11.4. The SMILES string of the molecule is CCOc1cccc(C(C)(C)ON)c1. The molecule has 0 unspecified atom stereocenters. The smallest absolute Gasteiger partial charge is 0.119 e. The number of ether oxygens (including phenoxy) is 1. The van der Waals surface area contributed by atoms with E-state index in [0.717, 1.165) is 11.3 Å². The molecule has 3 nitrogen and oxygen atoms in total. The van der Waals surface area contributed by atoms with Gasteiger partial charge < -0.3 is 4.74 Å². The van der Waals surface area contributed by atoms with Crippen LogP contribution in [0.5, 0.6) is 5.75 Å². The van der Waals surface area contributed by atoms with E-state index in [1.165, 1.54) is 0 Å². The van der Waals surface area contributed by atoms with Crippen molar-refractivity contribution in [2.75, 3.05) is 6.61 Å². The van der Waals surface area contributed by atoms with E-state index >= 15 is 0 Å². The summed E-state index contributed by atoms with van der Waals surface area (Å²) >= 11 is 0. The molecule has 3 heteroatoms. The second-order valence-corrected chi connectivity index (χ2v) is 3.59. The monoisotopic (exact) mass is 195 g/mol. The van der Waals surface area contributed by atoms with Gasteiger partial charge in [-0.2, -0.15) is 0 Å². The van der Waals surface area contributed by atoms with Crippen molar-refractivity contribution in [2.45, 2.75) is 26.4 Å². The summed E-state index contributed by atoms with van der Waals surface area (Å²) in [6.45, 7) is 6.45. The highest BCUT2D eigenvalue weighted by atomic mass is 16.6. The summed E-state index contributed by atoms with van der Waals surface area (Å²) in [5, 5.41) is 0. The second kappa shape index (κ2) is 4.44. The van der Waals surface area contributed by atoms with Gasteiger partial charge >= 0.3 is 0 Å². The van der Waals surface area contributed by atoms with Crippen molar-refractivity contribution in [3.05, 3.63) is 29.8 Å². The van der Waals surface area contributed by atoms with Crippen molar-refractivity contribution in [1.29, 1.82) is 0 Å². The highest BCUT2D eigenvalue weighted by Gasteiger charge is 2.20. The summed E-state index contributed by atoms with van der Waals surface area (Å²) in [7, 11) is 0. The van der Waals surface area contributed by atoms with E-state index in [0.29, 0.717) is 6.61 Å². The molecule has 78 valence electrons. The van der Waals surface area contributed by atoms with Gasteiger partial charge in [0.15, 0.2) is 0 Å². The van der Waals surface area contributed by atoms with E-state index in [9.17, 15) is 0 Å². The van der Waals surface area contributed by atoms with Crippen LogP contribution in [0.2, 0.25) is 0 Å². The van der Waals surface area contributed by atoms with Crippen LogP contribution in [0.3, 0.4) is 0 Å². The Morgan fingerprint density at radius 1 is 1.36 bits per heavy atom. The molecule has 0 spiro atoms. The van der Waals surface area contributed by atoms with Crippen LogP contribution in [0.15, 0.2) is 24.3 Å². The Labute approximate surface area is 84.8 Å². The summed E-state index contributed by atoms with van der Waals surface area (Å²) in [5.41, 5.74) is 0.526. The summed E-state index contributed by atoms with van der Waals surface area (Å²) in [5.74, 6) is 6.06. The van der Waals surface area contributed by atoms with Crippen molar-refractivity contribution < 1.29 is 9.57 Å².